The summed E-state index contributed by atoms with van der Waals surface area (Å²) in [5, 5.41) is 0. The summed E-state index contributed by atoms with van der Waals surface area (Å²) in [6, 6.07) is 0. The van der Waals surface area contributed by atoms with Gasteiger partial charge < -0.3 is 0 Å². The minimum Gasteiger partial charge on any atom is -0.294 e. The number of allylic oxidation sites excluding steroid dienone is 3. The summed E-state index contributed by atoms with van der Waals surface area (Å²) in [6.45, 7) is 7.73. The zero-order valence-electron chi connectivity index (χ0n) is 7.24. The standard InChI is InChI=1S/C10H14O/c1-7(2)10-8(3)5-4-6-9(10)11/h1,4-6H2,2-3H3. The molecule has 0 aromatic heterocycles. The predicted octanol–water partition coefficient (Wildman–Crippen LogP) is 2.63. The highest BCUT2D eigenvalue weighted by Crippen LogP contribution is 2.25. The van der Waals surface area contributed by atoms with E-state index in [-0.39, 0.29) is 5.78 Å². The summed E-state index contributed by atoms with van der Waals surface area (Å²) in [6.07, 6.45) is 2.79. The van der Waals surface area contributed by atoms with Gasteiger partial charge in [-0.05, 0) is 32.3 Å². The first-order valence-corrected chi connectivity index (χ1v) is 4.01. The molecule has 1 aliphatic carbocycles. The van der Waals surface area contributed by atoms with Gasteiger partial charge in [-0.3, -0.25) is 4.79 Å². The van der Waals surface area contributed by atoms with Gasteiger partial charge in [0.1, 0.15) is 0 Å². The molecule has 0 spiro atoms. The zero-order chi connectivity index (χ0) is 8.43. The van der Waals surface area contributed by atoms with Gasteiger partial charge >= 0.3 is 0 Å². The van der Waals surface area contributed by atoms with Crippen molar-refractivity contribution in [2.24, 2.45) is 0 Å². The third kappa shape index (κ3) is 1.59. The van der Waals surface area contributed by atoms with Gasteiger partial charge in [-0.15, -0.1) is 0 Å². The van der Waals surface area contributed by atoms with E-state index >= 15 is 0 Å². The molecule has 0 unspecified atom stereocenters. The molecule has 0 amide bonds. The van der Waals surface area contributed by atoms with Crippen LogP contribution in [0.25, 0.3) is 0 Å². The Morgan fingerprint density at radius 2 is 2.09 bits per heavy atom. The van der Waals surface area contributed by atoms with Crippen LogP contribution in [0, 0.1) is 0 Å². The molecule has 60 valence electrons. The second kappa shape index (κ2) is 3.04. The largest absolute Gasteiger partial charge is 0.294 e. The quantitative estimate of drug-likeness (QED) is 0.561. The van der Waals surface area contributed by atoms with Crippen LogP contribution in [-0.4, -0.2) is 5.78 Å². The molecule has 1 heteroatoms. The van der Waals surface area contributed by atoms with Crippen molar-refractivity contribution in [2.45, 2.75) is 33.1 Å². The van der Waals surface area contributed by atoms with E-state index in [0.29, 0.717) is 6.42 Å². The first kappa shape index (κ1) is 8.25. The van der Waals surface area contributed by atoms with Crippen LogP contribution in [-0.2, 0) is 4.79 Å². The second-order valence-electron chi connectivity index (χ2n) is 3.21. The van der Waals surface area contributed by atoms with Crippen LogP contribution < -0.4 is 0 Å². The van der Waals surface area contributed by atoms with Crippen molar-refractivity contribution in [3.05, 3.63) is 23.3 Å². The number of carbonyl (C=O) groups excluding carboxylic acids is 1. The lowest BCUT2D eigenvalue weighted by Gasteiger charge is -2.15. The SMILES string of the molecule is C=C(C)C1=C(C)CCCC1=O. The van der Waals surface area contributed by atoms with E-state index < -0.39 is 0 Å². The molecule has 0 aliphatic heterocycles. The Morgan fingerprint density at radius 3 is 2.45 bits per heavy atom. The maximum Gasteiger partial charge on any atom is 0.163 e. The van der Waals surface area contributed by atoms with Gasteiger partial charge in [-0.2, -0.15) is 0 Å². The summed E-state index contributed by atoms with van der Waals surface area (Å²) in [5.41, 5.74) is 3.04. The molecule has 0 saturated carbocycles. The number of hydrogen-bond donors (Lipinski definition) is 0. The fourth-order valence-electron chi connectivity index (χ4n) is 1.60. The van der Waals surface area contributed by atoms with Crippen molar-refractivity contribution in [1.82, 2.24) is 0 Å². The third-order valence-corrected chi connectivity index (χ3v) is 2.09. The van der Waals surface area contributed by atoms with E-state index in [9.17, 15) is 4.79 Å². The first-order valence-electron chi connectivity index (χ1n) is 4.01. The van der Waals surface area contributed by atoms with Crippen LogP contribution in [0.4, 0.5) is 0 Å². The predicted molar refractivity (Wildman–Crippen MR) is 46.4 cm³/mol. The average Bonchev–Trinajstić information content (AvgIpc) is 1.85. The van der Waals surface area contributed by atoms with Crippen molar-refractivity contribution in [2.75, 3.05) is 0 Å². The summed E-state index contributed by atoms with van der Waals surface area (Å²) >= 11 is 0. The first-order chi connectivity index (χ1) is 5.13. The van der Waals surface area contributed by atoms with Gasteiger partial charge in [0, 0.05) is 12.0 Å². The van der Waals surface area contributed by atoms with E-state index in [1.54, 1.807) is 0 Å². The number of rotatable bonds is 1. The van der Waals surface area contributed by atoms with Gasteiger partial charge in [-0.1, -0.05) is 12.2 Å². The molecule has 0 bridgehead atoms. The Morgan fingerprint density at radius 1 is 1.45 bits per heavy atom. The highest BCUT2D eigenvalue weighted by Gasteiger charge is 2.17. The molecule has 1 aliphatic rings. The Labute approximate surface area is 67.8 Å². The topological polar surface area (TPSA) is 17.1 Å². The number of ketones is 1. The molecular weight excluding hydrogens is 136 g/mol. The second-order valence-corrected chi connectivity index (χ2v) is 3.21. The van der Waals surface area contributed by atoms with Gasteiger partial charge in [0.25, 0.3) is 0 Å². The van der Waals surface area contributed by atoms with Crippen LogP contribution in [0.1, 0.15) is 33.1 Å². The minimum atomic E-state index is 0.279. The van der Waals surface area contributed by atoms with Crippen LogP contribution in [0.5, 0.6) is 0 Å². The van der Waals surface area contributed by atoms with Crippen LogP contribution in [0.3, 0.4) is 0 Å². The summed E-state index contributed by atoms with van der Waals surface area (Å²) in [5.74, 6) is 0.279. The molecule has 0 saturated heterocycles. The van der Waals surface area contributed by atoms with E-state index in [2.05, 4.69) is 6.58 Å². The van der Waals surface area contributed by atoms with Gasteiger partial charge in [0.2, 0.25) is 0 Å². The van der Waals surface area contributed by atoms with E-state index in [1.807, 2.05) is 13.8 Å². The highest BCUT2D eigenvalue weighted by molar-refractivity contribution is 6.00. The Kier molecular flexibility index (Phi) is 2.28. The molecule has 0 radical (unpaired) electrons. The average molecular weight is 150 g/mol. The molecule has 1 rings (SSSR count). The van der Waals surface area contributed by atoms with E-state index in [1.165, 1.54) is 5.57 Å². The number of carbonyl (C=O) groups is 1. The molecule has 0 aromatic carbocycles. The lowest BCUT2D eigenvalue weighted by molar-refractivity contribution is -0.115. The van der Waals surface area contributed by atoms with Crippen LogP contribution in [0.2, 0.25) is 0 Å². The lowest BCUT2D eigenvalue weighted by atomic mass is 9.88. The highest BCUT2D eigenvalue weighted by atomic mass is 16.1. The molecule has 1 nitrogen and oxygen atoms in total. The fraction of sp³-hybridized carbons (Fsp3) is 0.500. The van der Waals surface area contributed by atoms with E-state index in [0.717, 1.165) is 24.0 Å². The summed E-state index contributed by atoms with van der Waals surface area (Å²) in [7, 11) is 0. The smallest absolute Gasteiger partial charge is 0.163 e. The maximum absolute atomic E-state index is 11.3. The Bertz CT molecular complexity index is 233. The third-order valence-electron chi connectivity index (χ3n) is 2.09. The monoisotopic (exact) mass is 150 g/mol. The van der Waals surface area contributed by atoms with Gasteiger partial charge in [-0.25, -0.2) is 0 Å². The van der Waals surface area contributed by atoms with E-state index in [4.69, 9.17) is 0 Å². The normalized spacial score (nSPS) is 18.9. The molecule has 0 heterocycles. The molecule has 0 fully saturated rings. The molecule has 11 heavy (non-hydrogen) atoms. The van der Waals surface area contributed by atoms with Crippen molar-refractivity contribution in [3.8, 4) is 0 Å². The minimum absolute atomic E-state index is 0.279. The fourth-order valence-corrected chi connectivity index (χ4v) is 1.60. The van der Waals surface area contributed by atoms with Crippen LogP contribution in [0.15, 0.2) is 23.3 Å². The van der Waals surface area contributed by atoms with Gasteiger partial charge in [0.15, 0.2) is 5.78 Å². The Balaban J connectivity index is 3.01. The van der Waals surface area contributed by atoms with Crippen molar-refractivity contribution >= 4 is 5.78 Å². The van der Waals surface area contributed by atoms with Crippen molar-refractivity contribution < 1.29 is 4.79 Å². The molecular formula is C10H14O. The summed E-state index contributed by atoms with van der Waals surface area (Å²) in [4.78, 5) is 11.3. The number of Topliss-reactive ketones (excluding diaryl/α,β-unsaturated/α-hetero) is 1. The van der Waals surface area contributed by atoms with Crippen molar-refractivity contribution in [3.63, 3.8) is 0 Å². The Hall–Kier alpha value is -0.850. The van der Waals surface area contributed by atoms with Gasteiger partial charge in [0.05, 0.1) is 0 Å². The van der Waals surface area contributed by atoms with Crippen LogP contribution >= 0.6 is 0 Å². The van der Waals surface area contributed by atoms with Crippen molar-refractivity contribution in [1.29, 1.82) is 0 Å². The zero-order valence-corrected chi connectivity index (χ0v) is 7.24. The number of hydrogen-bond acceptors (Lipinski definition) is 1. The maximum atomic E-state index is 11.3. The lowest BCUT2D eigenvalue weighted by Crippen LogP contribution is -2.10. The molecule has 0 aromatic rings. The molecule has 0 atom stereocenters. The summed E-state index contributed by atoms with van der Waals surface area (Å²) < 4.78 is 0. The molecule has 0 N–H and O–H groups in total.